The lowest BCUT2D eigenvalue weighted by Crippen LogP contribution is -2.48. The predicted octanol–water partition coefficient (Wildman–Crippen LogP) is 3.06. The van der Waals surface area contributed by atoms with Crippen molar-refractivity contribution in [1.29, 1.82) is 0 Å². The third kappa shape index (κ3) is 1.47. The van der Waals surface area contributed by atoms with Gasteiger partial charge in [0.15, 0.2) is 0 Å². The first-order valence-corrected chi connectivity index (χ1v) is 10.5. The molecule has 1 heterocycles. The first kappa shape index (κ1) is 17.1. The van der Waals surface area contributed by atoms with Crippen molar-refractivity contribution in [2.45, 2.75) is 61.0 Å². The smallest absolute Gasteiger partial charge is 0.316 e. The molecule has 1 unspecified atom stereocenters. The van der Waals surface area contributed by atoms with E-state index in [-0.39, 0.29) is 11.9 Å². The van der Waals surface area contributed by atoms with Gasteiger partial charge in [0, 0.05) is 23.7 Å². The fraction of sp³-hybridized carbons (Fsp3) is 0.800. The minimum absolute atomic E-state index is 0.0868. The summed E-state index contributed by atoms with van der Waals surface area (Å²) in [5.74, 6) is -2.47. The van der Waals surface area contributed by atoms with Gasteiger partial charge in [-0.1, -0.05) is 12.2 Å². The number of aliphatic hydroxyl groups is 1. The summed E-state index contributed by atoms with van der Waals surface area (Å²) in [4.78, 5) is 25.4. The number of carboxylic acids is 1. The summed E-state index contributed by atoms with van der Waals surface area (Å²) in [5, 5.41) is 21.9. The van der Waals surface area contributed by atoms with Gasteiger partial charge in [0.05, 0.1) is 16.9 Å². The molecule has 146 valence electrons. The van der Waals surface area contributed by atoms with Crippen molar-refractivity contribution in [3.05, 3.63) is 12.2 Å². The molecule has 1 aliphatic heterocycles. The molecule has 4 saturated carbocycles. The number of rotatable bonds is 1. The molecular formula is C20H22Cl2O5. The second-order valence-corrected chi connectivity index (χ2v) is 11.7. The van der Waals surface area contributed by atoms with Crippen molar-refractivity contribution in [3.8, 4) is 0 Å². The Hall–Kier alpha value is -0.780. The molecule has 2 N–H and O–H groups in total. The van der Waals surface area contributed by atoms with Gasteiger partial charge in [0.25, 0.3) is 0 Å². The molecule has 0 aromatic rings. The summed E-state index contributed by atoms with van der Waals surface area (Å²) < 4.78 is 5.05. The number of carbonyl (C=O) groups is 2. The first-order chi connectivity index (χ1) is 12.5. The van der Waals surface area contributed by atoms with Crippen LogP contribution in [0.5, 0.6) is 0 Å². The molecule has 7 heteroatoms. The summed E-state index contributed by atoms with van der Waals surface area (Å²) in [7, 11) is 0. The van der Waals surface area contributed by atoms with Gasteiger partial charge < -0.3 is 14.9 Å². The maximum absolute atomic E-state index is 12.8. The summed E-state index contributed by atoms with van der Waals surface area (Å²) >= 11 is 13.0. The van der Waals surface area contributed by atoms with Gasteiger partial charge in [-0.2, -0.15) is 0 Å². The van der Waals surface area contributed by atoms with Crippen LogP contribution in [0.1, 0.15) is 45.4 Å². The van der Waals surface area contributed by atoms with E-state index in [1.807, 2.05) is 19.1 Å². The lowest BCUT2D eigenvalue weighted by Gasteiger charge is -2.45. The Morgan fingerprint density at radius 3 is 2.63 bits per heavy atom. The topological polar surface area (TPSA) is 83.8 Å². The number of aliphatic carboxylic acids is 1. The number of carbonyl (C=O) groups excluding carboxylic acids is 1. The van der Waals surface area contributed by atoms with Crippen LogP contribution >= 0.6 is 23.2 Å². The number of hydrogen-bond acceptors (Lipinski definition) is 4. The molecular weight excluding hydrogens is 391 g/mol. The maximum atomic E-state index is 12.8. The van der Waals surface area contributed by atoms with E-state index < -0.39 is 49.6 Å². The van der Waals surface area contributed by atoms with Crippen molar-refractivity contribution in [2.24, 2.45) is 34.0 Å². The number of ether oxygens (including phenoxy) is 1. The molecule has 5 fully saturated rings. The lowest BCUT2D eigenvalue weighted by molar-refractivity contribution is -0.162. The van der Waals surface area contributed by atoms with Crippen LogP contribution in [0.3, 0.4) is 0 Å². The molecule has 0 aromatic heterocycles. The Bertz CT molecular complexity index is 855. The lowest BCUT2D eigenvalue weighted by atomic mass is 9.62. The van der Waals surface area contributed by atoms with Crippen LogP contribution in [0, 0.1) is 34.0 Å². The van der Waals surface area contributed by atoms with Gasteiger partial charge >= 0.3 is 11.9 Å². The Morgan fingerprint density at radius 1 is 1.30 bits per heavy atom. The second kappa shape index (κ2) is 4.22. The van der Waals surface area contributed by atoms with Gasteiger partial charge in [-0.15, -0.1) is 23.2 Å². The van der Waals surface area contributed by atoms with E-state index in [0.717, 1.165) is 0 Å². The van der Waals surface area contributed by atoms with E-state index in [1.54, 1.807) is 0 Å². The highest BCUT2D eigenvalue weighted by Gasteiger charge is 2.89. The van der Waals surface area contributed by atoms with E-state index in [4.69, 9.17) is 27.9 Å². The molecule has 0 amide bonds. The summed E-state index contributed by atoms with van der Waals surface area (Å²) in [6, 6.07) is 0. The Labute approximate surface area is 167 Å². The number of hydrogen-bond donors (Lipinski definition) is 2. The molecule has 0 radical (unpaired) electrons. The summed E-state index contributed by atoms with van der Waals surface area (Å²) in [6.07, 6.45) is 6.91. The summed E-state index contributed by atoms with van der Waals surface area (Å²) in [5.41, 5.74) is -4.03. The molecule has 8 atom stereocenters. The zero-order valence-corrected chi connectivity index (χ0v) is 16.5. The molecule has 27 heavy (non-hydrogen) atoms. The molecule has 1 saturated heterocycles. The van der Waals surface area contributed by atoms with Crippen LogP contribution in [0.2, 0.25) is 0 Å². The van der Waals surface area contributed by atoms with Crippen molar-refractivity contribution in [1.82, 2.24) is 0 Å². The fourth-order valence-electron chi connectivity index (χ4n) is 8.53. The van der Waals surface area contributed by atoms with E-state index in [9.17, 15) is 19.8 Å². The van der Waals surface area contributed by atoms with E-state index in [0.29, 0.717) is 38.5 Å². The number of halogens is 2. The molecule has 5 nitrogen and oxygen atoms in total. The van der Waals surface area contributed by atoms with Gasteiger partial charge in [-0.3, -0.25) is 9.59 Å². The van der Waals surface area contributed by atoms with Crippen LogP contribution in [-0.2, 0) is 14.3 Å². The second-order valence-electron chi connectivity index (χ2n) is 10.2. The number of alkyl halides is 2. The highest BCUT2D eigenvalue weighted by Crippen LogP contribution is 2.87. The normalized spacial score (nSPS) is 60.9. The average Bonchev–Trinajstić information content (AvgIpc) is 2.87. The van der Waals surface area contributed by atoms with E-state index in [1.165, 1.54) is 0 Å². The largest absolute Gasteiger partial charge is 0.481 e. The highest BCUT2D eigenvalue weighted by atomic mass is 35.5. The van der Waals surface area contributed by atoms with Gasteiger partial charge in [-0.25, -0.2) is 0 Å². The van der Waals surface area contributed by atoms with E-state index >= 15 is 0 Å². The average molecular weight is 413 g/mol. The standard InChI is InChI=1S/C20H22Cl2O5/c1-15-4-2-5-19(27-14(15)25)10-3-6-18(26)8-16(10,11(12(15)19)13(23)24)7-17(18)9-20(17,21)22/h2,4,10-12,26H,3,5-9H2,1H3,(H,23,24)/t10-,11-,12-,15?,16+,17+,18+,19-/m1/s1. The van der Waals surface area contributed by atoms with Crippen LogP contribution in [0.15, 0.2) is 12.2 Å². The summed E-state index contributed by atoms with van der Waals surface area (Å²) in [6.45, 7) is 1.81. The molecule has 0 aromatic carbocycles. The Balaban J connectivity index is 1.58. The van der Waals surface area contributed by atoms with Crippen molar-refractivity contribution >= 4 is 35.1 Å². The highest BCUT2D eigenvalue weighted by molar-refractivity contribution is 6.51. The fourth-order valence-corrected chi connectivity index (χ4v) is 9.48. The number of esters is 1. The predicted molar refractivity (Wildman–Crippen MR) is 96.1 cm³/mol. The number of carboxylic acid groups (broad SMARTS) is 1. The van der Waals surface area contributed by atoms with E-state index in [2.05, 4.69) is 0 Å². The molecule has 6 rings (SSSR count). The quantitative estimate of drug-likeness (QED) is 0.392. The Morgan fingerprint density at radius 2 is 2.00 bits per heavy atom. The third-order valence-electron chi connectivity index (χ3n) is 9.39. The van der Waals surface area contributed by atoms with Crippen molar-refractivity contribution < 1.29 is 24.5 Å². The third-order valence-corrected chi connectivity index (χ3v) is 10.4. The molecule has 2 spiro atoms. The maximum Gasteiger partial charge on any atom is 0.316 e. The van der Waals surface area contributed by atoms with Crippen LogP contribution in [-0.4, -0.2) is 37.7 Å². The zero-order valence-electron chi connectivity index (χ0n) is 15.0. The Kier molecular flexibility index (Phi) is 2.67. The molecule has 5 aliphatic carbocycles. The molecule has 6 aliphatic rings. The SMILES string of the molecule is CC12C=CC[C@]3(OC1=O)[C@@H]2[C@H](C(=O)O)[C@@]12C[C@@](O)(CC[C@H]13)[C@@]1(CC1(Cl)Cl)C2. The first-order valence-electron chi connectivity index (χ1n) is 9.72. The van der Waals surface area contributed by atoms with Crippen LogP contribution < -0.4 is 0 Å². The minimum atomic E-state index is -1.04. The van der Waals surface area contributed by atoms with Gasteiger partial charge in [-0.05, 0) is 44.4 Å². The van der Waals surface area contributed by atoms with Crippen LogP contribution in [0.4, 0.5) is 0 Å². The minimum Gasteiger partial charge on any atom is -0.481 e. The molecule has 4 bridgehead atoms. The van der Waals surface area contributed by atoms with Crippen LogP contribution in [0.25, 0.3) is 0 Å². The van der Waals surface area contributed by atoms with Crippen molar-refractivity contribution in [2.75, 3.05) is 0 Å². The zero-order chi connectivity index (χ0) is 19.3. The van der Waals surface area contributed by atoms with Crippen molar-refractivity contribution in [3.63, 3.8) is 0 Å². The van der Waals surface area contributed by atoms with Gasteiger partial charge in [0.1, 0.15) is 9.93 Å². The number of fused-ring (bicyclic) bond motifs is 2. The van der Waals surface area contributed by atoms with Gasteiger partial charge in [0.2, 0.25) is 0 Å². The monoisotopic (exact) mass is 412 g/mol.